The molecule has 3 aromatic heterocycles. The third-order valence-electron chi connectivity index (χ3n) is 3.41. The summed E-state index contributed by atoms with van der Waals surface area (Å²) in [6.07, 6.45) is 4.57. The number of nitrogens with zero attached hydrogens (tertiary/aromatic N) is 2. The lowest BCUT2D eigenvalue weighted by Gasteiger charge is -1.97. The molecule has 0 atom stereocenters. The van der Waals surface area contributed by atoms with Crippen LogP contribution in [0.2, 0.25) is 0 Å². The Balaban J connectivity index is 1.66. The van der Waals surface area contributed by atoms with Gasteiger partial charge >= 0.3 is 0 Å². The summed E-state index contributed by atoms with van der Waals surface area (Å²) in [4.78, 5) is 16.6. The van der Waals surface area contributed by atoms with Gasteiger partial charge in [0.2, 0.25) is 0 Å². The molecule has 0 aliphatic carbocycles. The van der Waals surface area contributed by atoms with E-state index in [1.165, 1.54) is 6.26 Å². The summed E-state index contributed by atoms with van der Waals surface area (Å²) in [7, 11) is 0. The molecular formula is C16H18N4O2S. The maximum Gasteiger partial charge on any atom is 0.260 e. The Labute approximate surface area is 137 Å². The van der Waals surface area contributed by atoms with E-state index in [4.69, 9.17) is 4.42 Å². The maximum atomic E-state index is 12.2. The van der Waals surface area contributed by atoms with E-state index < -0.39 is 0 Å². The van der Waals surface area contributed by atoms with E-state index in [-0.39, 0.29) is 5.91 Å². The van der Waals surface area contributed by atoms with Crippen LogP contribution in [0.3, 0.4) is 0 Å². The van der Waals surface area contributed by atoms with Crippen molar-refractivity contribution >= 4 is 23.1 Å². The second-order valence-electron chi connectivity index (χ2n) is 5.29. The molecule has 0 aromatic carbocycles. The Morgan fingerprint density at radius 2 is 2.30 bits per heavy atom. The number of furan rings is 1. The van der Waals surface area contributed by atoms with Crippen molar-refractivity contribution in [3.8, 4) is 11.5 Å². The van der Waals surface area contributed by atoms with Crippen LogP contribution in [0.4, 0.5) is 5.82 Å². The number of aromatic nitrogens is 3. The average molecular weight is 330 g/mol. The molecule has 3 rings (SSSR count). The fourth-order valence-electron chi connectivity index (χ4n) is 2.18. The van der Waals surface area contributed by atoms with Gasteiger partial charge in [-0.1, -0.05) is 13.3 Å². The minimum absolute atomic E-state index is 0.250. The monoisotopic (exact) mass is 330 g/mol. The summed E-state index contributed by atoms with van der Waals surface area (Å²) < 4.78 is 5.44. The van der Waals surface area contributed by atoms with Crippen LogP contribution in [0.1, 0.15) is 40.8 Å². The van der Waals surface area contributed by atoms with Crippen molar-refractivity contribution in [1.82, 2.24) is 15.2 Å². The van der Waals surface area contributed by atoms with E-state index >= 15 is 0 Å². The van der Waals surface area contributed by atoms with Gasteiger partial charge in [0, 0.05) is 17.1 Å². The van der Waals surface area contributed by atoms with Crippen LogP contribution in [-0.2, 0) is 6.42 Å². The lowest BCUT2D eigenvalue weighted by Crippen LogP contribution is -2.11. The summed E-state index contributed by atoms with van der Waals surface area (Å²) in [5.41, 5.74) is 2.21. The quantitative estimate of drug-likeness (QED) is 0.714. The van der Waals surface area contributed by atoms with E-state index in [0.29, 0.717) is 17.1 Å². The third kappa shape index (κ3) is 3.68. The molecule has 0 saturated carbocycles. The van der Waals surface area contributed by atoms with E-state index in [1.807, 2.05) is 18.4 Å². The molecule has 0 fully saturated rings. The number of anilines is 1. The molecule has 0 aliphatic rings. The fourth-order valence-corrected chi connectivity index (χ4v) is 2.78. The number of amides is 1. The molecule has 0 aliphatic heterocycles. The highest BCUT2D eigenvalue weighted by Crippen LogP contribution is 2.24. The molecule has 0 unspecified atom stereocenters. The first-order valence-corrected chi connectivity index (χ1v) is 8.40. The summed E-state index contributed by atoms with van der Waals surface area (Å²) in [6, 6.07) is 3.55. The number of nitrogens with one attached hydrogen (secondary N) is 2. The normalized spacial score (nSPS) is 10.9. The van der Waals surface area contributed by atoms with Crippen LogP contribution in [-0.4, -0.2) is 21.1 Å². The predicted octanol–water partition coefficient (Wildman–Crippen LogP) is 4.03. The molecule has 1 amide bonds. The molecule has 120 valence electrons. The summed E-state index contributed by atoms with van der Waals surface area (Å²) in [5.74, 6) is 0.860. The highest BCUT2D eigenvalue weighted by atomic mass is 32.1. The number of thiazole rings is 1. The van der Waals surface area contributed by atoms with Crippen LogP contribution in [0, 0.1) is 6.92 Å². The first-order chi connectivity index (χ1) is 11.2. The highest BCUT2D eigenvalue weighted by molar-refractivity contribution is 7.09. The van der Waals surface area contributed by atoms with Gasteiger partial charge in [0.15, 0.2) is 11.6 Å². The van der Waals surface area contributed by atoms with Crippen molar-refractivity contribution < 1.29 is 9.21 Å². The smallest absolute Gasteiger partial charge is 0.260 e. The van der Waals surface area contributed by atoms with Crippen molar-refractivity contribution in [2.45, 2.75) is 33.1 Å². The summed E-state index contributed by atoms with van der Waals surface area (Å²) in [5, 5.41) is 12.7. The molecule has 7 heteroatoms. The van der Waals surface area contributed by atoms with Gasteiger partial charge in [-0.25, -0.2) is 4.98 Å². The molecular weight excluding hydrogens is 312 g/mol. The first-order valence-electron chi connectivity index (χ1n) is 7.52. The number of aryl methyl sites for hydroxylation is 2. The van der Waals surface area contributed by atoms with Gasteiger partial charge in [0.05, 0.1) is 10.6 Å². The zero-order valence-electron chi connectivity index (χ0n) is 13.0. The molecule has 0 spiro atoms. The zero-order chi connectivity index (χ0) is 16.2. The second kappa shape index (κ2) is 6.78. The molecule has 3 heterocycles. The largest absolute Gasteiger partial charge is 0.462 e. The third-order valence-corrected chi connectivity index (χ3v) is 4.18. The van der Waals surface area contributed by atoms with Crippen molar-refractivity contribution in [2.24, 2.45) is 0 Å². The summed E-state index contributed by atoms with van der Waals surface area (Å²) in [6.45, 7) is 4.07. The molecule has 23 heavy (non-hydrogen) atoms. The molecule has 0 saturated heterocycles. The van der Waals surface area contributed by atoms with Crippen LogP contribution in [0.15, 0.2) is 28.2 Å². The van der Waals surface area contributed by atoms with Gasteiger partial charge in [-0.3, -0.25) is 9.89 Å². The van der Waals surface area contributed by atoms with Crippen LogP contribution in [0.5, 0.6) is 0 Å². The standard InChI is InChI=1S/C16H18N4O2S/c1-3-4-5-12-7-15(20-19-12)18-16(21)11-6-14(22-8-11)13-9-23-10(2)17-13/h6-9H,3-5H2,1-2H3,(H2,18,19,20,21). The fraction of sp³-hybridized carbons (Fsp3) is 0.312. The van der Waals surface area contributed by atoms with Crippen molar-refractivity contribution in [2.75, 3.05) is 5.32 Å². The lowest BCUT2D eigenvalue weighted by atomic mass is 10.2. The second-order valence-corrected chi connectivity index (χ2v) is 6.35. The topological polar surface area (TPSA) is 83.8 Å². The Kier molecular flexibility index (Phi) is 4.57. The van der Waals surface area contributed by atoms with Crippen LogP contribution < -0.4 is 5.32 Å². The Bertz CT molecular complexity index is 802. The van der Waals surface area contributed by atoms with E-state index in [9.17, 15) is 4.79 Å². The lowest BCUT2D eigenvalue weighted by molar-refractivity contribution is 0.102. The Hall–Kier alpha value is -2.41. The number of hydrogen-bond acceptors (Lipinski definition) is 5. The van der Waals surface area contributed by atoms with Gasteiger partial charge in [-0.15, -0.1) is 11.3 Å². The van der Waals surface area contributed by atoms with Crippen molar-refractivity contribution in [3.05, 3.63) is 40.0 Å². The molecule has 3 aromatic rings. The maximum absolute atomic E-state index is 12.2. The SMILES string of the molecule is CCCCc1cc(NC(=O)c2coc(-c3csc(C)n3)c2)n[nH]1. The van der Waals surface area contributed by atoms with Crippen molar-refractivity contribution in [1.29, 1.82) is 0 Å². The predicted molar refractivity (Wildman–Crippen MR) is 89.7 cm³/mol. The molecule has 0 bridgehead atoms. The molecule has 2 N–H and O–H groups in total. The minimum Gasteiger partial charge on any atom is -0.462 e. The number of carbonyl (C=O) groups is 1. The van der Waals surface area contributed by atoms with E-state index in [0.717, 1.165) is 35.7 Å². The summed E-state index contributed by atoms with van der Waals surface area (Å²) >= 11 is 1.54. The van der Waals surface area contributed by atoms with Gasteiger partial charge < -0.3 is 9.73 Å². The molecule has 6 nitrogen and oxygen atoms in total. The molecule has 0 radical (unpaired) electrons. The number of carbonyl (C=O) groups excluding carboxylic acids is 1. The minimum atomic E-state index is -0.250. The zero-order valence-corrected chi connectivity index (χ0v) is 13.9. The van der Waals surface area contributed by atoms with Crippen LogP contribution in [0.25, 0.3) is 11.5 Å². The Morgan fingerprint density at radius 3 is 3.04 bits per heavy atom. The number of unbranched alkanes of at least 4 members (excludes halogenated alkanes) is 1. The van der Waals surface area contributed by atoms with Crippen molar-refractivity contribution in [3.63, 3.8) is 0 Å². The van der Waals surface area contributed by atoms with Crippen LogP contribution >= 0.6 is 11.3 Å². The Morgan fingerprint density at radius 1 is 1.43 bits per heavy atom. The van der Waals surface area contributed by atoms with Gasteiger partial charge in [0.1, 0.15) is 12.0 Å². The first kappa shape index (κ1) is 15.5. The van der Waals surface area contributed by atoms with E-state index in [2.05, 4.69) is 27.4 Å². The number of H-pyrrole nitrogens is 1. The number of rotatable bonds is 6. The number of hydrogen-bond donors (Lipinski definition) is 2. The van der Waals surface area contributed by atoms with Gasteiger partial charge in [0.25, 0.3) is 5.91 Å². The van der Waals surface area contributed by atoms with E-state index in [1.54, 1.807) is 17.4 Å². The van der Waals surface area contributed by atoms with Gasteiger partial charge in [-0.2, -0.15) is 5.10 Å². The van der Waals surface area contributed by atoms with Gasteiger partial charge in [-0.05, 0) is 25.8 Å². The highest BCUT2D eigenvalue weighted by Gasteiger charge is 2.14. The number of aromatic amines is 1. The average Bonchev–Trinajstić information content (AvgIpc) is 3.25.